The molecule has 0 bridgehead atoms. The second kappa shape index (κ2) is 5.68. The van der Waals surface area contributed by atoms with Gasteiger partial charge in [-0.1, -0.05) is 22.9 Å². The molecule has 0 aliphatic carbocycles. The molecule has 0 unspecified atom stereocenters. The highest BCUT2D eigenvalue weighted by molar-refractivity contribution is 9.10. The maximum Gasteiger partial charge on any atom is 0.226 e. The van der Waals surface area contributed by atoms with Crippen LogP contribution in [0.4, 0.5) is 5.69 Å². The van der Waals surface area contributed by atoms with Crippen LogP contribution >= 0.6 is 15.9 Å². The van der Waals surface area contributed by atoms with E-state index in [1.54, 1.807) is 0 Å². The number of amides is 1. The van der Waals surface area contributed by atoms with Crippen LogP contribution in [0.1, 0.15) is 49.5 Å². The van der Waals surface area contributed by atoms with E-state index in [4.69, 9.17) is 0 Å². The molecule has 1 heterocycles. The topological polar surface area (TPSA) is 37.4 Å². The molecule has 0 aromatic heterocycles. The zero-order chi connectivity index (χ0) is 14.9. The molecule has 20 heavy (non-hydrogen) atoms. The maximum atomic E-state index is 12.3. The van der Waals surface area contributed by atoms with Crippen LogP contribution in [0.25, 0.3) is 0 Å². The van der Waals surface area contributed by atoms with Crippen molar-refractivity contribution in [1.82, 2.24) is 0 Å². The van der Waals surface area contributed by atoms with Crippen molar-refractivity contribution in [2.45, 2.75) is 44.4 Å². The molecule has 0 saturated heterocycles. The summed E-state index contributed by atoms with van der Waals surface area (Å²) >= 11 is 3.41. The van der Waals surface area contributed by atoms with E-state index in [2.05, 4.69) is 15.9 Å². The number of hydrogen-bond acceptors (Lipinski definition) is 2. The van der Waals surface area contributed by atoms with E-state index in [0.717, 1.165) is 30.6 Å². The predicted octanol–water partition coefficient (Wildman–Crippen LogP) is 3.73. The summed E-state index contributed by atoms with van der Waals surface area (Å²) in [5.74, 6) is 0.213. The normalized spacial score (nSPS) is 14.9. The number of carbonyl (C=O) groups excluding carboxylic acids is 2. The summed E-state index contributed by atoms with van der Waals surface area (Å²) in [7, 11) is 0. The van der Waals surface area contributed by atoms with Gasteiger partial charge in [0, 0.05) is 24.2 Å². The Morgan fingerprint density at radius 3 is 2.65 bits per heavy atom. The molecule has 1 aromatic carbocycles. The Hall–Kier alpha value is -1.16. The fourth-order valence-corrected chi connectivity index (χ4v) is 2.76. The van der Waals surface area contributed by atoms with E-state index in [0.29, 0.717) is 12.0 Å². The Kier molecular flexibility index (Phi) is 4.33. The van der Waals surface area contributed by atoms with Gasteiger partial charge >= 0.3 is 0 Å². The van der Waals surface area contributed by atoms with Gasteiger partial charge in [-0.05, 0) is 50.5 Å². The predicted molar refractivity (Wildman–Crippen MR) is 84.7 cm³/mol. The molecule has 0 radical (unpaired) electrons. The second-order valence-electron chi connectivity index (χ2n) is 5.65. The van der Waals surface area contributed by atoms with Crippen LogP contribution in [0.15, 0.2) is 18.2 Å². The Morgan fingerprint density at radius 2 is 2.05 bits per heavy atom. The second-order valence-corrected chi connectivity index (χ2v) is 7.63. The molecule has 2 rings (SSSR count). The number of rotatable bonds is 3. The van der Waals surface area contributed by atoms with Crippen LogP contribution in [-0.2, 0) is 11.2 Å². The number of halogens is 1. The highest BCUT2D eigenvalue weighted by Crippen LogP contribution is 2.31. The van der Waals surface area contributed by atoms with E-state index in [1.807, 2.05) is 43.9 Å². The van der Waals surface area contributed by atoms with Gasteiger partial charge in [0.1, 0.15) is 0 Å². The molecular weight excluding hydrogens is 318 g/mol. The number of anilines is 1. The van der Waals surface area contributed by atoms with Crippen molar-refractivity contribution in [2.24, 2.45) is 0 Å². The summed E-state index contributed by atoms with van der Waals surface area (Å²) in [5.41, 5.74) is 2.77. The maximum absolute atomic E-state index is 12.3. The quantitative estimate of drug-likeness (QED) is 0.622. The Morgan fingerprint density at radius 1 is 1.35 bits per heavy atom. The van der Waals surface area contributed by atoms with E-state index < -0.39 is 4.32 Å². The summed E-state index contributed by atoms with van der Waals surface area (Å²) in [6, 6.07) is 5.68. The first-order valence-corrected chi connectivity index (χ1v) is 7.81. The molecule has 4 heteroatoms. The molecule has 0 N–H and O–H groups in total. The van der Waals surface area contributed by atoms with Crippen molar-refractivity contribution in [3.8, 4) is 0 Å². The highest BCUT2D eigenvalue weighted by Gasteiger charge is 2.27. The minimum Gasteiger partial charge on any atom is -0.312 e. The van der Waals surface area contributed by atoms with Crippen LogP contribution < -0.4 is 4.90 Å². The Bertz CT molecular complexity index is 546. The van der Waals surface area contributed by atoms with Gasteiger partial charge in [0.15, 0.2) is 5.78 Å². The van der Waals surface area contributed by atoms with Gasteiger partial charge in [0.25, 0.3) is 0 Å². The van der Waals surface area contributed by atoms with Gasteiger partial charge in [-0.3, -0.25) is 9.59 Å². The van der Waals surface area contributed by atoms with Crippen molar-refractivity contribution in [3.63, 3.8) is 0 Å². The van der Waals surface area contributed by atoms with Crippen molar-refractivity contribution >= 4 is 33.3 Å². The summed E-state index contributed by atoms with van der Waals surface area (Å²) in [6.07, 6.45) is 2.38. The molecule has 0 saturated carbocycles. The third kappa shape index (κ3) is 2.95. The van der Waals surface area contributed by atoms with Gasteiger partial charge < -0.3 is 4.90 Å². The molecule has 1 aliphatic heterocycles. The molecular formula is C16H20BrNO2. The molecule has 1 aliphatic rings. The van der Waals surface area contributed by atoms with Gasteiger partial charge in [-0.25, -0.2) is 0 Å². The molecule has 1 aromatic rings. The molecule has 0 spiro atoms. The molecule has 1 amide bonds. The van der Waals surface area contributed by atoms with E-state index in [9.17, 15) is 9.59 Å². The summed E-state index contributed by atoms with van der Waals surface area (Å²) in [4.78, 5) is 26.1. The zero-order valence-electron chi connectivity index (χ0n) is 12.2. The average molecular weight is 338 g/mol. The first-order valence-electron chi connectivity index (χ1n) is 7.01. The number of carbonyl (C=O) groups is 2. The highest BCUT2D eigenvalue weighted by atomic mass is 79.9. The van der Waals surface area contributed by atoms with Crippen LogP contribution in [0.3, 0.4) is 0 Å². The minimum absolute atomic E-state index is 0.0687. The van der Waals surface area contributed by atoms with Gasteiger partial charge in [0.2, 0.25) is 5.91 Å². The third-order valence-corrected chi connectivity index (χ3v) is 3.96. The molecule has 0 atom stereocenters. The fourth-order valence-electron chi connectivity index (χ4n) is 2.53. The zero-order valence-corrected chi connectivity index (χ0v) is 13.8. The number of benzene rings is 1. The monoisotopic (exact) mass is 337 g/mol. The van der Waals surface area contributed by atoms with Crippen LogP contribution in [0.2, 0.25) is 0 Å². The largest absolute Gasteiger partial charge is 0.312 e. The smallest absolute Gasteiger partial charge is 0.226 e. The van der Waals surface area contributed by atoms with Crippen LogP contribution in [0, 0.1) is 0 Å². The summed E-state index contributed by atoms with van der Waals surface area (Å²) in [6.45, 7) is 6.35. The Balaban J connectivity index is 2.37. The van der Waals surface area contributed by atoms with Gasteiger partial charge in [0.05, 0.1) is 4.32 Å². The molecule has 108 valence electrons. The number of hydrogen-bond donors (Lipinski definition) is 0. The first-order chi connectivity index (χ1) is 9.34. The molecule has 0 fully saturated rings. The lowest BCUT2D eigenvalue weighted by Crippen LogP contribution is -2.35. The average Bonchev–Trinajstić information content (AvgIpc) is 2.43. The Labute approximate surface area is 128 Å². The number of fused-ring (bicyclic) bond motifs is 1. The van der Waals surface area contributed by atoms with Crippen molar-refractivity contribution in [3.05, 3.63) is 29.3 Å². The molecule has 3 nitrogen and oxygen atoms in total. The van der Waals surface area contributed by atoms with Crippen molar-refractivity contribution < 1.29 is 9.59 Å². The van der Waals surface area contributed by atoms with Crippen LogP contribution in [-0.4, -0.2) is 22.6 Å². The number of ketones is 1. The van der Waals surface area contributed by atoms with Crippen molar-refractivity contribution in [2.75, 3.05) is 11.4 Å². The third-order valence-electron chi connectivity index (χ3n) is 3.60. The number of alkyl halides is 1. The lowest BCUT2D eigenvalue weighted by molar-refractivity contribution is -0.118. The SMILES string of the molecule is CCC(=O)N1CCCc2cc(C(=O)C(C)(C)Br)ccc21. The number of nitrogens with zero attached hydrogens (tertiary/aromatic N) is 1. The number of Topliss-reactive ketones (excluding diaryl/α,β-unsaturated/α-hetero) is 1. The van der Waals surface area contributed by atoms with Crippen LogP contribution in [0.5, 0.6) is 0 Å². The lowest BCUT2D eigenvalue weighted by atomic mass is 9.94. The first kappa shape index (κ1) is 15.2. The van der Waals surface area contributed by atoms with Gasteiger partial charge in [-0.2, -0.15) is 0 Å². The summed E-state index contributed by atoms with van der Waals surface area (Å²) in [5, 5.41) is 0. The fraction of sp³-hybridized carbons (Fsp3) is 0.500. The number of aryl methyl sites for hydroxylation is 1. The minimum atomic E-state index is -0.561. The van der Waals surface area contributed by atoms with E-state index in [-0.39, 0.29) is 11.7 Å². The van der Waals surface area contributed by atoms with Gasteiger partial charge in [-0.15, -0.1) is 0 Å². The lowest BCUT2D eigenvalue weighted by Gasteiger charge is -2.30. The van der Waals surface area contributed by atoms with Crippen molar-refractivity contribution in [1.29, 1.82) is 0 Å². The standard InChI is InChI=1S/C16H20BrNO2/c1-4-14(19)18-9-5-6-11-10-12(7-8-13(11)18)15(20)16(2,3)17/h7-8,10H,4-6,9H2,1-3H3. The van der Waals surface area contributed by atoms with E-state index in [1.165, 1.54) is 0 Å². The summed E-state index contributed by atoms with van der Waals surface area (Å²) < 4.78 is -0.561. The van der Waals surface area contributed by atoms with E-state index >= 15 is 0 Å².